The van der Waals surface area contributed by atoms with Gasteiger partial charge in [-0.25, -0.2) is 4.98 Å². The van der Waals surface area contributed by atoms with Crippen molar-refractivity contribution in [3.8, 4) is 5.88 Å². The second kappa shape index (κ2) is 8.07. The first-order valence-electron chi connectivity index (χ1n) is 5.64. The van der Waals surface area contributed by atoms with Crippen LogP contribution < -0.4 is 10.1 Å². The van der Waals surface area contributed by atoms with Crippen molar-refractivity contribution in [2.45, 2.75) is 19.9 Å². The van der Waals surface area contributed by atoms with Gasteiger partial charge in [-0.1, -0.05) is 13.0 Å². The van der Waals surface area contributed by atoms with Crippen molar-refractivity contribution in [3.63, 3.8) is 0 Å². The highest BCUT2D eigenvalue weighted by Crippen LogP contribution is 2.07. The van der Waals surface area contributed by atoms with E-state index in [4.69, 9.17) is 9.47 Å². The maximum atomic E-state index is 5.46. The van der Waals surface area contributed by atoms with E-state index in [9.17, 15) is 0 Å². The van der Waals surface area contributed by atoms with Crippen LogP contribution in [0.4, 0.5) is 0 Å². The molecule has 1 N–H and O–H groups in total. The van der Waals surface area contributed by atoms with Gasteiger partial charge in [-0.05, 0) is 12.1 Å². The maximum Gasteiger partial charge on any atom is 0.213 e. The van der Waals surface area contributed by atoms with Gasteiger partial charge in [-0.3, -0.25) is 0 Å². The highest BCUT2D eigenvalue weighted by atomic mass is 16.5. The number of methoxy groups -OCH3 is 1. The van der Waals surface area contributed by atoms with Gasteiger partial charge < -0.3 is 14.8 Å². The number of pyridine rings is 1. The van der Waals surface area contributed by atoms with Gasteiger partial charge in [0.05, 0.1) is 6.61 Å². The van der Waals surface area contributed by atoms with E-state index in [1.165, 1.54) is 5.56 Å². The summed E-state index contributed by atoms with van der Waals surface area (Å²) in [5.74, 6) is 0.677. The van der Waals surface area contributed by atoms with E-state index >= 15 is 0 Å². The van der Waals surface area contributed by atoms with Crippen molar-refractivity contribution in [1.29, 1.82) is 0 Å². The molecular formula is C12H20N2O2. The molecule has 0 spiro atoms. The number of aromatic nitrogens is 1. The molecule has 16 heavy (non-hydrogen) atoms. The van der Waals surface area contributed by atoms with Crippen LogP contribution in [0.25, 0.3) is 0 Å². The van der Waals surface area contributed by atoms with Crippen LogP contribution >= 0.6 is 0 Å². The zero-order valence-electron chi connectivity index (χ0n) is 10.0. The number of rotatable bonds is 8. The van der Waals surface area contributed by atoms with E-state index in [0.29, 0.717) is 12.5 Å². The molecule has 0 radical (unpaired) electrons. The molecule has 0 saturated heterocycles. The average molecular weight is 224 g/mol. The summed E-state index contributed by atoms with van der Waals surface area (Å²) in [6, 6.07) is 3.93. The number of nitrogens with one attached hydrogen (secondary N) is 1. The molecule has 4 heteroatoms. The Hall–Kier alpha value is -1.13. The van der Waals surface area contributed by atoms with Gasteiger partial charge in [0, 0.05) is 38.9 Å². The standard InChI is InChI=1S/C12H20N2O2/c1-3-13-9-11-5-6-12(14-10-11)16-8-4-7-15-2/h5-6,10,13H,3-4,7-9H2,1-2H3. The third-order valence-corrected chi connectivity index (χ3v) is 2.12. The third-order valence-electron chi connectivity index (χ3n) is 2.12. The first-order chi connectivity index (χ1) is 7.86. The Morgan fingerprint density at radius 1 is 1.31 bits per heavy atom. The summed E-state index contributed by atoms with van der Waals surface area (Å²) < 4.78 is 10.4. The number of ether oxygens (including phenoxy) is 2. The molecule has 0 aliphatic heterocycles. The molecule has 90 valence electrons. The summed E-state index contributed by atoms with van der Waals surface area (Å²) in [4.78, 5) is 4.23. The Bertz CT molecular complexity index is 275. The van der Waals surface area contributed by atoms with Crippen molar-refractivity contribution in [2.24, 2.45) is 0 Å². The topological polar surface area (TPSA) is 43.4 Å². The molecule has 0 unspecified atom stereocenters. The van der Waals surface area contributed by atoms with Crippen LogP contribution in [0.15, 0.2) is 18.3 Å². The van der Waals surface area contributed by atoms with Crippen LogP contribution in [-0.4, -0.2) is 31.9 Å². The normalized spacial score (nSPS) is 10.4. The maximum absolute atomic E-state index is 5.46. The Morgan fingerprint density at radius 2 is 2.19 bits per heavy atom. The minimum absolute atomic E-state index is 0.646. The van der Waals surface area contributed by atoms with E-state index in [2.05, 4.69) is 17.2 Å². The average Bonchev–Trinajstić information content (AvgIpc) is 2.33. The van der Waals surface area contributed by atoms with Crippen LogP contribution in [-0.2, 0) is 11.3 Å². The van der Waals surface area contributed by atoms with E-state index in [0.717, 1.165) is 26.1 Å². The lowest BCUT2D eigenvalue weighted by molar-refractivity contribution is 0.170. The van der Waals surface area contributed by atoms with Gasteiger partial charge in [-0.2, -0.15) is 0 Å². The zero-order valence-corrected chi connectivity index (χ0v) is 10.0. The highest BCUT2D eigenvalue weighted by Gasteiger charge is 1.96. The van der Waals surface area contributed by atoms with Gasteiger partial charge in [-0.15, -0.1) is 0 Å². The Kier molecular flexibility index (Phi) is 6.53. The Morgan fingerprint density at radius 3 is 2.81 bits per heavy atom. The molecule has 1 rings (SSSR count). The van der Waals surface area contributed by atoms with Crippen LogP contribution in [0.1, 0.15) is 18.9 Å². The SMILES string of the molecule is CCNCc1ccc(OCCCOC)nc1. The van der Waals surface area contributed by atoms with Crippen LogP contribution in [0.2, 0.25) is 0 Å². The molecule has 0 aromatic carbocycles. The predicted octanol–water partition coefficient (Wildman–Crippen LogP) is 1.61. The van der Waals surface area contributed by atoms with Gasteiger partial charge in [0.15, 0.2) is 0 Å². The monoisotopic (exact) mass is 224 g/mol. The minimum atomic E-state index is 0.646. The summed E-state index contributed by atoms with van der Waals surface area (Å²) in [6.07, 6.45) is 2.73. The van der Waals surface area contributed by atoms with Crippen LogP contribution in [0.5, 0.6) is 5.88 Å². The Labute approximate surface area is 97.0 Å². The van der Waals surface area contributed by atoms with Gasteiger partial charge in [0.1, 0.15) is 0 Å². The molecule has 0 bridgehead atoms. The summed E-state index contributed by atoms with van der Waals surface area (Å²) in [7, 11) is 1.69. The molecule has 0 aliphatic rings. The summed E-state index contributed by atoms with van der Waals surface area (Å²) >= 11 is 0. The fraction of sp³-hybridized carbons (Fsp3) is 0.583. The van der Waals surface area contributed by atoms with Crippen LogP contribution in [0, 0.1) is 0 Å². The second-order valence-corrected chi connectivity index (χ2v) is 3.48. The number of hydrogen-bond donors (Lipinski definition) is 1. The highest BCUT2D eigenvalue weighted by molar-refractivity contribution is 5.17. The molecule has 0 atom stereocenters. The van der Waals surface area contributed by atoms with Gasteiger partial charge >= 0.3 is 0 Å². The predicted molar refractivity (Wildman–Crippen MR) is 63.6 cm³/mol. The molecule has 0 amide bonds. The largest absolute Gasteiger partial charge is 0.478 e. The lowest BCUT2D eigenvalue weighted by Gasteiger charge is -2.06. The molecule has 0 fully saturated rings. The number of hydrogen-bond acceptors (Lipinski definition) is 4. The molecule has 0 aliphatic carbocycles. The van der Waals surface area contributed by atoms with Crippen molar-refractivity contribution in [3.05, 3.63) is 23.9 Å². The van der Waals surface area contributed by atoms with E-state index in [1.54, 1.807) is 7.11 Å². The fourth-order valence-electron chi connectivity index (χ4n) is 1.25. The molecular weight excluding hydrogens is 204 g/mol. The van der Waals surface area contributed by atoms with Crippen molar-refractivity contribution in [2.75, 3.05) is 26.9 Å². The molecule has 1 aromatic rings. The summed E-state index contributed by atoms with van der Waals surface area (Å²) in [6.45, 7) is 5.27. The lowest BCUT2D eigenvalue weighted by atomic mass is 10.3. The third kappa shape index (κ3) is 5.09. The second-order valence-electron chi connectivity index (χ2n) is 3.48. The lowest BCUT2D eigenvalue weighted by Crippen LogP contribution is -2.11. The van der Waals surface area contributed by atoms with Crippen molar-refractivity contribution in [1.82, 2.24) is 10.3 Å². The van der Waals surface area contributed by atoms with Gasteiger partial charge in [0.25, 0.3) is 0 Å². The molecule has 1 heterocycles. The number of nitrogens with zero attached hydrogens (tertiary/aromatic N) is 1. The quantitative estimate of drug-likeness (QED) is 0.681. The van der Waals surface area contributed by atoms with E-state index in [-0.39, 0.29) is 0 Å². The molecule has 1 aromatic heterocycles. The summed E-state index contributed by atoms with van der Waals surface area (Å²) in [5.41, 5.74) is 1.17. The molecule has 4 nitrogen and oxygen atoms in total. The van der Waals surface area contributed by atoms with Crippen molar-refractivity contribution < 1.29 is 9.47 Å². The molecule has 0 saturated carbocycles. The smallest absolute Gasteiger partial charge is 0.213 e. The first-order valence-corrected chi connectivity index (χ1v) is 5.64. The Balaban J connectivity index is 2.27. The van der Waals surface area contributed by atoms with E-state index < -0.39 is 0 Å². The fourth-order valence-corrected chi connectivity index (χ4v) is 1.25. The zero-order chi connectivity index (χ0) is 11.6. The van der Waals surface area contributed by atoms with E-state index in [1.807, 2.05) is 18.3 Å². The summed E-state index contributed by atoms with van der Waals surface area (Å²) in [5, 5.41) is 3.25. The minimum Gasteiger partial charge on any atom is -0.478 e. The van der Waals surface area contributed by atoms with Crippen LogP contribution in [0.3, 0.4) is 0 Å². The van der Waals surface area contributed by atoms with Gasteiger partial charge in [0.2, 0.25) is 5.88 Å². The van der Waals surface area contributed by atoms with Crippen molar-refractivity contribution >= 4 is 0 Å². The first kappa shape index (κ1) is 12.9.